The quantitative estimate of drug-likeness (QED) is 0.668. The summed E-state index contributed by atoms with van der Waals surface area (Å²) in [5.41, 5.74) is 0. The van der Waals surface area contributed by atoms with Crippen LogP contribution < -0.4 is 0 Å². The van der Waals surface area contributed by atoms with Crippen molar-refractivity contribution in [3.8, 4) is 0 Å². The molecule has 0 radical (unpaired) electrons. The monoisotopic (exact) mass is 339 g/mol. The van der Waals surface area contributed by atoms with E-state index in [1.165, 1.54) is 16.7 Å². The average molecular weight is 340 g/mol. The number of thioether (sulfide) groups is 1. The highest BCUT2D eigenvalue weighted by molar-refractivity contribution is 8.00. The summed E-state index contributed by atoms with van der Waals surface area (Å²) in [5, 5.41) is -0.185. The number of imide groups is 1. The predicted octanol–water partition coefficient (Wildman–Crippen LogP) is 3.29. The Morgan fingerprint density at radius 2 is 1.91 bits per heavy atom. The molecule has 130 valence electrons. The molecule has 1 saturated heterocycles. The lowest BCUT2D eigenvalue weighted by atomic mass is 9.76. The Morgan fingerprint density at radius 1 is 1.26 bits per heavy atom. The standard InChI is InChI=1S/C18H29NO3S/c1-4-5-12(2)17(21)14-8-6-13(7-9-14)11-19-16(20)10-15(23-3)18(19)22/h12-15H,4-11H2,1-3H3. The maximum Gasteiger partial charge on any atom is 0.242 e. The third-order valence-electron chi connectivity index (χ3n) is 5.38. The van der Waals surface area contributed by atoms with Crippen LogP contribution in [0.1, 0.15) is 58.8 Å². The van der Waals surface area contributed by atoms with Gasteiger partial charge in [-0.05, 0) is 44.3 Å². The Bertz CT molecular complexity index is 457. The smallest absolute Gasteiger partial charge is 0.242 e. The van der Waals surface area contributed by atoms with Crippen LogP contribution in [0.15, 0.2) is 0 Å². The summed E-state index contributed by atoms with van der Waals surface area (Å²) >= 11 is 1.47. The summed E-state index contributed by atoms with van der Waals surface area (Å²) in [6.07, 6.45) is 8.01. The number of rotatable bonds is 7. The highest BCUT2D eigenvalue weighted by atomic mass is 32.2. The lowest BCUT2D eigenvalue weighted by Crippen LogP contribution is -2.37. The van der Waals surface area contributed by atoms with Gasteiger partial charge in [0, 0.05) is 24.8 Å². The minimum Gasteiger partial charge on any atom is -0.299 e. The first-order chi connectivity index (χ1) is 11.0. The summed E-state index contributed by atoms with van der Waals surface area (Å²) in [6, 6.07) is 0. The van der Waals surface area contributed by atoms with Crippen LogP contribution in [0, 0.1) is 17.8 Å². The number of carbonyl (C=O) groups is 3. The normalized spacial score (nSPS) is 29.9. The van der Waals surface area contributed by atoms with Gasteiger partial charge in [0.25, 0.3) is 0 Å². The number of nitrogens with zero attached hydrogens (tertiary/aromatic N) is 1. The van der Waals surface area contributed by atoms with E-state index in [-0.39, 0.29) is 28.9 Å². The van der Waals surface area contributed by atoms with E-state index in [2.05, 4.69) is 6.92 Å². The van der Waals surface area contributed by atoms with Gasteiger partial charge in [0.2, 0.25) is 11.8 Å². The topological polar surface area (TPSA) is 54.5 Å². The van der Waals surface area contributed by atoms with Crippen molar-refractivity contribution in [3.63, 3.8) is 0 Å². The lowest BCUT2D eigenvalue weighted by Gasteiger charge is -2.31. The molecule has 2 atom stereocenters. The number of carbonyl (C=O) groups excluding carboxylic acids is 3. The first-order valence-corrected chi connectivity index (χ1v) is 10.2. The van der Waals surface area contributed by atoms with Gasteiger partial charge < -0.3 is 0 Å². The Balaban J connectivity index is 1.82. The van der Waals surface area contributed by atoms with Crippen molar-refractivity contribution in [2.24, 2.45) is 17.8 Å². The molecule has 0 bridgehead atoms. The van der Waals surface area contributed by atoms with E-state index in [0.717, 1.165) is 38.5 Å². The molecule has 1 saturated carbocycles. The number of hydrogen-bond acceptors (Lipinski definition) is 4. The molecule has 0 N–H and O–H groups in total. The van der Waals surface area contributed by atoms with Crippen molar-refractivity contribution in [2.75, 3.05) is 12.8 Å². The van der Waals surface area contributed by atoms with Crippen LogP contribution in [0.25, 0.3) is 0 Å². The lowest BCUT2D eigenvalue weighted by molar-refractivity contribution is -0.139. The number of likely N-dealkylation sites (tertiary alicyclic amines) is 1. The molecule has 2 fully saturated rings. The molecule has 0 spiro atoms. The maximum absolute atomic E-state index is 12.4. The molecule has 1 aliphatic heterocycles. The summed E-state index contributed by atoms with van der Waals surface area (Å²) in [4.78, 5) is 38.1. The van der Waals surface area contributed by atoms with Crippen molar-refractivity contribution in [1.82, 2.24) is 4.90 Å². The molecule has 4 nitrogen and oxygen atoms in total. The average Bonchev–Trinajstić information content (AvgIpc) is 2.82. The van der Waals surface area contributed by atoms with Gasteiger partial charge in [0.1, 0.15) is 5.78 Å². The highest BCUT2D eigenvalue weighted by Gasteiger charge is 2.39. The van der Waals surface area contributed by atoms with Gasteiger partial charge in [0.05, 0.1) is 5.25 Å². The third kappa shape index (κ3) is 4.37. The summed E-state index contributed by atoms with van der Waals surface area (Å²) in [5.74, 6) is 1.11. The van der Waals surface area contributed by atoms with Crippen molar-refractivity contribution in [1.29, 1.82) is 0 Å². The van der Waals surface area contributed by atoms with E-state index in [9.17, 15) is 14.4 Å². The Morgan fingerprint density at radius 3 is 2.43 bits per heavy atom. The van der Waals surface area contributed by atoms with Gasteiger partial charge in [-0.1, -0.05) is 20.3 Å². The molecular weight excluding hydrogens is 310 g/mol. The van der Waals surface area contributed by atoms with Gasteiger partial charge in [0.15, 0.2) is 0 Å². The van der Waals surface area contributed by atoms with Gasteiger partial charge in [-0.15, -0.1) is 0 Å². The molecule has 5 heteroatoms. The van der Waals surface area contributed by atoms with E-state index in [0.29, 0.717) is 24.7 Å². The summed E-state index contributed by atoms with van der Waals surface area (Å²) < 4.78 is 0. The molecule has 0 aromatic carbocycles. The van der Waals surface area contributed by atoms with Crippen molar-refractivity contribution in [2.45, 2.75) is 64.0 Å². The molecular formula is C18H29NO3S. The van der Waals surface area contributed by atoms with Crippen molar-refractivity contribution in [3.05, 3.63) is 0 Å². The molecule has 1 aliphatic carbocycles. The van der Waals surface area contributed by atoms with E-state index in [1.807, 2.05) is 13.2 Å². The van der Waals surface area contributed by atoms with Crippen LogP contribution in [-0.2, 0) is 14.4 Å². The Labute approximate surface area is 143 Å². The Hall–Kier alpha value is -0.840. The van der Waals surface area contributed by atoms with E-state index >= 15 is 0 Å². The van der Waals surface area contributed by atoms with Crippen LogP contribution in [0.3, 0.4) is 0 Å². The molecule has 2 rings (SSSR count). The van der Waals surface area contributed by atoms with E-state index < -0.39 is 0 Å². The molecule has 23 heavy (non-hydrogen) atoms. The zero-order valence-electron chi connectivity index (χ0n) is 14.5. The minimum atomic E-state index is -0.185. The highest BCUT2D eigenvalue weighted by Crippen LogP contribution is 2.33. The van der Waals surface area contributed by atoms with Gasteiger partial charge in [-0.2, -0.15) is 11.8 Å². The number of Topliss-reactive ketones (excluding diaryl/α,β-unsaturated/α-hetero) is 1. The maximum atomic E-state index is 12.4. The molecule has 0 aromatic rings. The fourth-order valence-electron chi connectivity index (χ4n) is 3.89. The van der Waals surface area contributed by atoms with Crippen LogP contribution in [-0.4, -0.2) is 40.5 Å². The van der Waals surface area contributed by atoms with Gasteiger partial charge in [-0.25, -0.2) is 0 Å². The third-order valence-corrected chi connectivity index (χ3v) is 6.32. The van der Waals surface area contributed by atoms with E-state index in [1.54, 1.807) is 0 Å². The number of hydrogen-bond donors (Lipinski definition) is 0. The fourth-order valence-corrected chi connectivity index (χ4v) is 4.53. The first kappa shape index (κ1) is 18.5. The van der Waals surface area contributed by atoms with Crippen LogP contribution >= 0.6 is 11.8 Å². The van der Waals surface area contributed by atoms with Crippen LogP contribution in [0.5, 0.6) is 0 Å². The fraction of sp³-hybridized carbons (Fsp3) is 0.833. The largest absolute Gasteiger partial charge is 0.299 e. The van der Waals surface area contributed by atoms with Crippen LogP contribution in [0.2, 0.25) is 0 Å². The molecule has 1 heterocycles. The molecule has 2 unspecified atom stereocenters. The Kier molecular flexibility index (Phi) is 6.69. The molecule has 2 amide bonds. The summed E-state index contributed by atoms with van der Waals surface area (Å²) in [7, 11) is 0. The number of amides is 2. The molecule has 2 aliphatic rings. The molecule has 0 aromatic heterocycles. The minimum absolute atomic E-state index is 0.0164. The summed E-state index contributed by atoms with van der Waals surface area (Å²) in [6.45, 7) is 4.72. The van der Waals surface area contributed by atoms with Crippen molar-refractivity contribution < 1.29 is 14.4 Å². The van der Waals surface area contributed by atoms with Gasteiger partial charge in [-0.3, -0.25) is 19.3 Å². The van der Waals surface area contributed by atoms with Gasteiger partial charge >= 0.3 is 0 Å². The SMILES string of the molecule is CCCC(C)C(=O)C1CCC(CN2C(=O)CC(SC)C2=O)CC1. The first-order valence-electron chi connectivity index (χ1n) is 8.88. The van der Waals surface area contributed by atoms with Crippen molar-refractivity contribution >= 4 is 29.4 Å². The second kappa shape index (κ2) is 8.32. The second-order valence-electron chi connectivity index (χ2n) is 7.08. The van der Waals surface area contributed by atoms with Crippen LogP contribution in [0.4, 0.5) is 0 Å². The van der Waals surface area contributed by atoms with E-state index in [4.69, 9.17) is 0 Å². The second-order valence-corrected chi connectivity index (χ2v) is 8.12. The number of ketones is 1. The zero-order valence-corrected chi connectivity index (χ0v) is 15.4. The zero-order chi connectivity index (χ0) is 17.0. The predicted molar refractivity (Wildman–Crippen MR) is 93.2 cm³/mol.